The standard InChI is InChI=1S/C15H21N3O2/c1-10-5-6-14(20-10)15-12(9-17-18-15)8-16-11(2)13-4-3-7-19-13/h5-6,9,11,13,16H,3-4,7-8H2,1-2H3,(H,17,18). The van der Waals surface area contributed by atoms with Crippen molar-refractivity contribution in [1.29, 1.82) is 0 Å². The van der Waals surface area contributed by atoms with Crippen LogP contribution in [0, 0.1) is 6.92 Å². The average molecular weight is 275 g/mol. The van der Waals surface area contributed by atoms with Crippen LogP contribution in [-0.4, -0.2) is 29.0 Å². The zero-order valence-corrected chi connectivity index (χ0v) is 12.0. The SMILES string of the molecule is Cc1ccc(-c2[nH]ncc2CNC(C)C2CCCO2)o1. The van der Waals surface area contributed by atoms with Gasteiger partial charge in [0.05, 0.1) is 12.3 Å². The molecule has 0 saturated carbocycles. The first-order valence-corrected chi connectivity index (χ1v) is 7.18. The monoisotopic (exact) mass is 275 g/mol. The number of nitrogens with one attached hydrogen (secondary N) is 2. The van der Waals surface area contributed by atoms with E-state index in [0.717, 1.165) is 42.4 Å². The van der Waals surface area contributed by atoms with Gasteiger partial charge in [-0.1, -0.05) is 0 Å². The van der Waals surface area contributed by atoms with Gasteiger partial charge in [-0.2, -0.15) is 5.10 Å². The fraction of sp³-hybridized carbons (Fsp3) is 0.533. The molecule has 1 fully saturated rings. The van der Waals surface area contributed by atoms with Crippen molar-refractivity contribution in [2.24, 2.45) is 0 Å². The van der Waals surface area contributed by atoms with Gasteiger partial charge < -0.3 is 14.5 Å². The maximum Gasteiger partial charge on any atom is 0.152 e. The summed E-state index contributed by atoms with van der Waals surface area (Å²) in [6, 6.07) is 4.27. The largest absolute Gasteiger partial charge is 0.460 e. The Labute approximate surface area is 118 Å². The highest BCUT2D eigenvalue weighted by molar-refractivity contribution is 5.56. The smallest absolute Gasteiger partial charge is 0.152 e. The van der Waals surface area contributed by atoms with Crippen LogP contribution < -0.4 is 5.32 Å². The Morgan fingerprint density at radius 3 is 3.10 bits per heavy atom. The van der Waals surface area contributed by atoms with E-state index in [1.165, 1.54) is 6.42 Å². The van der Waals surface area contributed by atoms with Crippen molar-refractivity contribution in [1.82, 2.24) is 15.5 Å². The Kier molecular flexibility index (Phi) is 3.89. The Hall–Kier alpha value is -1.59. The van der Waals surface area contributed by atoms with Crippen molar-refractivity contribution in [3.63, 3.8) is 0 Å². The van der Waals surface area contributed by atoms with Crippen LogP contribution in [0.4, 0.5) is 0 Å². The highest BCUT2D eigenvalue weighted by atomic mass is 16.5. The summed E-state index contributed by atoms with van der Waals surface area (Å²) in [5, 5.41) is 10.7. The Balaban J connectivity index is 1.65. The number of aromatic amines is 1. The van der Waals surface area contributed by atoms with Crippen LogP contribution in [0.1, 0.15) is 31.1 Å². The quantitative estimate of drug-likeness (QED) is 0.880. The molecule has 3 rings (SSSR count). The molecule has 1 aliphatic rings. The van der Waals surface area contributed by atoms with Gasteiger partial charge in [0.25, 0.3) is 0 Å². The second kappa shape index (κ2) is 5.81. The van der Waals surface area contributed by atoms with Crippen molar-refractivity contribution in [2.75, 3.05) is 6.61 Å². The number of hydrogen-bond donors (Lipinski definition) is 2. The first-order valence-electron chi connectivity index (χ1n) is 7.18. The molecule has 2 unspecified atom stereocenters. The first kappa shape index (κ1) is 13.4. The molecule has 0 radical (unpaired) electrons. The summed E-state index contributed by atoms with van der Waals surface area (Å²) in [7, 11) is 0. The molecule has 20 heavy (non-hydrogen) atoms. The fourth-order valence-corrected chi connectivity index (χ4v) is 2.63. The molecule has 5 nitrogen and oxygen atoms in total. The summed E-state index contributed by atoms with van der Waals surface area (Å²) >= 11 is 0. The molecule has 2 aromatic heterocycles. The third-order valence-corrected chi connectivity index (χ3v) is 3.84. The predicted octanol–water partition coefficient (Wildman–Crippen LogP) is 2.64. The lowest BCUT2D eigenvalue weighted by Gasteiger charge is -2.19. The van der Waals surface area contributed by atoms with Crippen LogP contribution in [0.25, 0.3) is 11.5 Å². The van der Waals surface area contributed by atoms with Gasteiger partial charge in [-0.25, -0.2) is 0 Å². The highest BCUT2D eigenvalue weighted by Gasteiger charge is 2.22. The van der Waals surface area contributed by atoms with Gasteiger partial charge in [-0.15, -0.1) is 0 Å². The number of aryl methyl sites for hydroxylation is 1. The van der Waals surface area contributed by atoms with Crippen molar-refractivity contribution in [2.45, 2.75) is 45.4 Å². The molecule has 0 bridgehead atoms. The third-order valence-electron chi connectivity index (χ3n) is 3.84. The summed E-state index contributed by atoms with van der Waals surface area (Å²) in [4.78, 5) is 0. The summed E-state index contributed by atoms with van der Waals surface area (Å²) in [5.74, 6) is 1.74. The van der Waals surface area contributed by atoms with E-state index in [1.807, 2.05) is 25.3 Å². The summed E-state index contributed by atoms with van der Waals surface area (Å²) in [6.45, 7) is 5.76. The van der Waals surface area contributed by atoms with Gasteiger partial charge in [0, 0.05) is 24.8 Å². The Morgan fingerprint density at radius 2 is 2.40 bits per heavy atom. The summed E-state index contributed by atoms with van der Waals surface area (Å²) in [5.41, 5.74) is 2.06. The normalized spacial score (nSPS) is 20.4. The number of furan rings is 1. The molecule has 0 aromatic carbocycles. The molecule has 0 aliphatic carbocycles. The number of hydrogen-bond acceptors (Lipinski definition) is 4. The maximum absolute atomic E-state index is 5.70. The van der Waals surface area contributed by atoms with E-state index >= 15 is 0 Å². The van der Waals surface area contributed by atoms with E-state index < -0.39 is 0 Å². The number of H-pyrrole nitrogens is 1. The molecule has 3 heterocycles. The second-order valence-electron chi connectivity index (χ2n) is 5.40. The van der Waals surface area contributed by atoms with Crippen LogP contribution in [0.15, 0.2) is 22.7 Å². The number of aromatic nitrogens is 2. The fourth-order valence-electron chi connectivity index (χ4n) is 2.63. The molecule has 1 saturated heterocycles. The van der Waals surface area contributed by atoms with Gasteiger partial charge in [-0.05, 0) is 38.8 Å². The van der Waals surface area contributed by atoms with E-state index in [2.05, 4.69) is 22.4 Å². The van der Waals surface area contributed by atoms with Crippen LogP contribution >= 0.6 is 0 Å². The topological polar surface area (TPSA) is 63.1 Å². The summed E-state index contributed by atoms with van der Waals surface area (Å²) in [6.07, 6.45) is 4.49. The molecule has 0 amide bonds. The van der Waals surface area contributed by atoms with E-state index in [1.54, 1.807) is 0 Å². The highest BCUT2D eigenvalue weighted by Crippen LogP contribution is 2.23. The van der Waals surface area contributed by atoms with Crippen molar-refractivity contribution < 1.29 is 9.15 Å². The molecule has 5 heteroatoms. The lowest BCUT2D eigenvalue weighted by atomic mass is 10.1. The van der Waals surface area contributed by atoms with Gasteiger partial charge in [0.15, 0.2) is 5.76 Å². The van der Waals surface area contributed by atoms with Crippen LogP contribution in [0.2, 0.25) is 0 Å². The van der Waals surface area contributed by atoms with Crippen molar-refractivity contribution in [3.05, 3.63) is 29.7 Å². The van der Waals surface area contributed by atoms with Crippen molar-refractivity contribution >= 4 is 0 Å². The molecular weight excluding hydrogens is 254 g/mol. The Bertz CT molecular complexity index is 555. The lowest BCUT2D eigenvalue weighted by Crippen LogP contribution is -2.36. The molecule has 108 valence electrons. The van der Waals surface area contributed by atoms with Crippen molar-refractivity contribution in [3.8, 4) is 11.5 Å². The maximum atomic E-state index is 5.70. The zero-order valence-electron chi connectivity index (χ0n) is 12.0. The van der Waals surface area contributed by atoms with Crippen LogP contribution in [0.5, 0.6) is 0 Å². The summed E-state index contributed by atoms with van der Waals surface area (Å²) < 4.78 is 11.3. The van der Waals surface area contributed by atoms with E-state index in [0.29, 0.717) is 12.1 Å². The van der Waals surface area contributed by atoms with Crippen LogP contribution in [0.3, 0.4) is 0 Å². The number of nitrogens with zero attached hydrogens (tertiary/aromatic N) is 1. The zero-order chi connectivity index (χ0) is 13.9. The van der Waals surface area contributed by atoms with Gasteiger partial charge in [0.1, 0.15) is 11.5 Å². The lowest BCUT2D eigenvalue weighted by molar-refractivity contribution is 0.0832. The molecular formula is C15H21N3O2. The minimum atomic E-state index is 0.330. The number of ether oxygens (including phenoxy) is 1. The Morgan fingerprint density at radius 1 is 1.50 bits per heavy atom. The second-order valence-corrected chi connectivity index (χ2v) is 5.40. The predicted molar refractivity (Wildman–Crippen MR) is 76.3 cm³/mol. The molecule has 2 aromatic rings. The van der Waals surface area contributed by atoms with Gasteiger partial charge in [-0.3, -0.25) is 5.10 Å². The molecule has 0 spiro atoms. The number of rotatable bonds is 5. The average Bonchev–Trinajstić information content (AvgIpc) is 3.16. The minimum Gasteiger partial charge on any atom is -0.460 e. The minimum absolute atomic E-state index is 0.330. The molecule has 2 atom stereocenters. The van der Waals surface area contributed by atoms with E-state index in [9.17, 15) is 0 Å². The first-order chi connectivity index (χ1) is 9.74. The van der Waals surface area contributed by atoms with Crippen LogP contribution in [-0.2, 0) is 11.3 Å². The third kappa shape index (κ3) is 2.78. The molecule has 2 N–H and O–H groups in total. The van der Waals surface area contributed by atoms with E-state index in [4.69, 9.17) is 9.15 Å². The molecule has 1 aliphatic heterocycles. The van der Waals surface area contributed by atoms with E-state index in [-0.39, 0.29) is 0 Å². The van der Waals surface area contributed by atoms with Gasteiger partial charge >= 0.3 is 0 Å². The van der Waals surface area contributed by atoms with Gasteiger partial charge in [0.2, 0.25) is 0 Å².